The molecule has 29 heavy (non-hydrogen) atoms. The second-order valence-electron chi connectivity index (χ2n) is 6.89. The summed E-state index contributed by atoms with van der Waals surface area (Å²) in [5, 5.41) is 6.29. The van der Waals surface area contributed by atoms with Crippen molar-refractivity contribution >= 4 is 27.6 Å². The minimum Gasteiger partial charge on any atom is -0.454 e. The van der Waals surface area contributed by atoms with Gasteiger partial charge in [-0.2, -0.15) is 4.72 Å². The Kier molecular flexibility index (Phi) is 7.15. The summed E-state index contributed by atoms with van der Waals surface area (Å²) in [6.07, 6.45) is 0. The van der Waals surface area contributed by atoms with Crippen molar-refractivity contribution in [2.45, 2.75) is 51.5 Å². The molecule has 2 N–H and O–H groups in total. The molecule has 0 unspecified atom stereocenters. The van der Waals surface area contributed by atoms with E-state index in [1.165, 1.54) is 20.8 Å². The number of ether oxygens (including phenoxy) is 1. The van der Waals surface area contributed by atoms with E-state index in [0.29, 0.717) is 5.69 Å². The molecule has 0 bridgehead atoms. The van der Waals surface area contributed by atoms with Crippen molar-refractivity contribution in [2.24, 2.45) is 0 Å². The van der Waals surface area contributed by atoms with Crippen LogP contribution in [0.1, 0.15) is 43.7 Å². The fourth-order valence-electron chi connectivity index (χ4n) is 2.76. The summed E-state index contributed by atoms with van der Waals surface area (Å²) < 4.78 is 36.9. The van der Waals surface area contributed by atoms with Crippen LogP contribution in [0.25, 0.3) is 0 Å². The molecule has 158 valence electrons. The Balaban J connectivity index is 1.94. The third kappa shape index (κ3) is 5.64. The Labute approximate surface area is 169 Å². The van der Waals surface area contributed by atoms with Gasteiger partial charge < -0.3 is 14.6 Å². The number of carbonyl (C=O) groups excluding carboxylic acids is 2. The van der Waals surface area contributed by atoms with E-state index in [2.05, 4.69) is 15.2 Å². The van der Waals surface area contributed by atoms with Crippen molar-refractivity contribution in [3.8, 4) is 0 Å². The number of esters is 1. The number of para-hydroxylation sites is 1. The van der Waals surface area contributed by atoms with Crippen LogP contribution in [0.15, 0.2) is 33.7 Å². The van der Waals surface area contributed by atoms with E-state index >= 15 is 0 Å². The number of nitrogens with zero attached hydrogens (tertiary/aromatic N) is 1. The molecule has 1 heterocycles. The average molecular weight is 423 g/mol. The second-order valence-corrected chi connectivity index (χ2v) is 8.54. The molecule has 0 saturated heterocycles. The fourth-order valence-corrected chi connectivity index (χ4v) is 4.28. The minimum atomic E-state index is -4.03. The fraction of sp³-hybridized carbons (Fsp3) is 0.421. The van der Waals surface area contributed by atoms with Crippen molar-refractivity contribution in [3.05, 3.63) is 41.3 Å². The molecule has 0 fully saturated rings. The third-order valence-electron chi connectivity index (χ3n) is 4.12. The van der Waals surface area contributed by atoms with Gasteiger partial charge in [-0.15, -0.1) is 0 Å². The van der Waals surface area contributed by atoms with Crippen LogP contribution in [0.5, 0.6) is 0 Å². The summed E-state index contributed by atoms with van der Waals surface area (Å²) in [6.45, 7) is 7.71. The number of sulfonamides is 1. The highest BCUT2D eigenvalue weighted by Gasteiger charge is 2.29. The zero-order valence-electron chi connectivity index (χ0n) is 17.0. The van der Waals surface area contributed by atoms with Gasteiger partial charge in [0.1, 0.15) is 16.6 Å². The first-order valence-corrected chi connectivity index (χ1v) is 10.5. The van der Waals surface area contributed by atoms with Gasteiger partial charge in [0.05, 0.1) is 0 Å². The van der Waals surface area contributed by atoms with E-state index in [-0.39, 0.29) is 22.3 Å². The Morgan fingerprint density at radius 2 is 1.83 bits per heavy atom. The minimum absolute atomic E-state index is 0.110. The molecule has 10 heteroatoms. The molecule has 0 aliphatic carbocycles. The topological polar surface area (TPSA) is 128 Å². The first kappa shape index (κ1) is 22.6. The molecule has 0 saturated carbocycles. The molecule has 0 aliphatic rings. The first-order chi connectivity index (χ1) is 13.5. The normalized spacial score (nSPS) is 12.6. The van der Waals surface area contributed by atoms with Crippen LogP contribution in [-0.4, -0.2) is 38.1 Å². The van der Waals surface area contributed by atoms with Crippen LogP contribution < -0.4 is 10.0 Å². The molecular formula is C19H25N3O6S. The predicted octanol–water partition coefficient (Wildman–Crippen LogP) is 2.26. The smallest absolute Gasteiger partial charge is 0.324 e. The summed E-state index contributed by atoms with van der Waals surface area (Å²) in [5.74, 6) is -1.09. The quantitative estimate of drug-likeness (QED) is 0.623. The van der Waals surface area contributed by atoms with Crippen molar-refractivity contribution in [1.29, 1.82) is 0 Å². The van der Waals surface area contributed by atoms with Gasteiger partial charge >= 0.3 is 5.97 Å². The van der Waals surface area contributed by atoms with Crippen molar-refractivity contribution in [1.82, 2.24) is 9.88 Å². The third-order valence-corrected chi connectivity index (χ3v) is 5.91. The number of hydrogen-bond donors (Lipinski definition) is 2. The van der Waals surface area contributed by atoms with Crippen LogP contribution in [0.4, 0.5) is 5.69 Å². The second kappa shape index (κ2) is 9.19. The molecule has 1 aromatic carbocycles. The summed E-state index contributed by atoms with van der Waals surface area (Å²) in [6, 6.07) is 6.12. The number of benzene rings is 1. The van der Waals surface area contributed by atoms with E-state index < -0.39 is 34.5 Å². The number of nitrogens with one attached hydrogen (secondary N) is 2. The number of carbonyl (C=O) groups is 2. The number of rotatable bonds is 8. The molecule has 9 nitrogen and oxygen atoms in total. The molecule has 0 aliphatic heterocycles. The summed E-state index contributed by atoms with van der Waals surface area (Å²) in [4.78, 5) is 24.1. The van der Waals surface area contributed by atoms with Gasteiger partial charge in [0.25, 0.3) is 5.91 Å². The SMILES string of the molecule is Cc1noc(C)c1S(=O)(=O)N[C@@H](C)C(=O)OCC(=O)Nc1ccccc1C(C)C. The lowest BCUT2D eigenvalue weighted by molar-refractivity contribution is -0.148. The lowest BCUT2D eigenvalue weighted by atomic mass is 10.0. The number of amides is 1. The Bertz CT molecular complexity index is 978. The maximum Gasteiger partial charge on any atom is 0.324 e. The lowest BCUT2D eigenvalue weighted by Crippen LogP contribution is -2.40. The monoisotopic (exact) mass is 423 g/mol. The largest absolute Gasteiger partial charge is 0.454 e. The van der Waals surface area contributed by atoms with Crippen LogP contribution >= 0.6 is 0 Å². The van der Waals surface area contributed by atoms with Crippen LogP contribution in [0, 0.1) is 13.8 Å². The van der Waals surface area contributed by atoms with E-state index in [4.69, 9.17) is 9.26 Å². The molecular weight excluding hydrogens is 398 g/mol. The summed E-state index contributed by atoms with van der Waals surface area (Å²) >= 11 is 0. The predicted molar refractivity (Wildman–Crippen MR) is 106 cm³/mol. The molecule has 1 amide bonds. The number of aromatic nitrogens is 1. The van der Waals surface area contributed by atoms with Gasteiger partial charge in [-0.05, 0) is 38.3 Å². The zero-order valence-corrected chi connectivity index (χ0v) is 17.8. The standard InChI is InChI=1S/C19H25N3O6S/c1-11(2)15-8-6-7-9-16(15)20-17(23)10-27-19(24)13(4)22-29(25,26)18-12(3)21-28-14(18)5/h6-9,11,13,22H,10H2,1-5H3,(H,20,23)/t13-/m0/s1. The highest BCUT2D eigenvalue weighted by atomic mass is 32.2. The van der Waals surface area contributed by atoms with E-state index in [0.717, 1.165) is 5.56 Å². The van der Waals surface area contributed by atoms with Crippen LogP contribution in [0.3, 0.4) is 0 Å². The molecule has 2 rings (SSSR count). The Hall–Kier alpha value is -2.72. The van der Waals surface area contributed by atoms with E-state index in [9.17, 15) is 18.0 Å². The van der Waals surface area contributed by atoms with Crippen molar-refractivity contribution in [3.63, 3.8) is 0 Å². The average Bonchev–Trinajstić information content (AvgIpc) is 2.98. The maximum absolute atomic E-state index is 12.4. The maximum atomic E-state index is 12.4. The first-order valence-electron chi connectivity index (χ1n) is 9.03. The number of anilines is 1. The molecule has 1 aromatic heterocycles. The summed E-state index contributed by atoms with van der Waals surface area (Å²) in [7, 11) is -4.03. The van der Waals surface area contributed by atoms with Crippen LogP contribution in [0.2, 0.25) is 0 Å². The Morgan fingerprint density at radius 3 is 2.41 bits per heavy atom. The number of hydrogen-bond acceptors (Lipinski definition) is 7. The van der Waals surface area contributed by atoms with Crippen molar-refractivity contribution in [2.75, 3.05) is 11.9 Å². The molecule has 2 aromatic rings. The van der Waals surface area contributed by atoms with E-state index in [1.807, 2.05) is 26.0 Å². The highest BCUT2D eigenvalue weighted by Crippen LogP contribution is 2.23. The van der Waals surface area contributed by atoms with Gasteiger partial charge in [-0.25, -0.2) is 8.42 Å². The molecule has 0 spiro atoms. The van der Waals surface area contributed by atoms with Gasteiger partial charge in [0.15, 0.2) is 12.4 Å². The van der Waals surface area contributed by atoms with Gasteiger partial charge in [-0.1, -0.05) is 37.2 Å². The number of aryl methyl sites for hydroxylation is 2. The molecule has 1 atom stereocenters. The molecule has 0 radical (unpaired) electrons. The van der Waals surface area contributed by atoms with Gasteiger partial charge in [0.2, 0.25) is 10.0 Å². The van der Waals surface area contributed by atoms with Crippen LogP contribution in [-0.2, 0) is 24.3 Å². The van der Waals surface area contributed by atoms with Gasteiger partial charge in [-0.3, -0.25) is 9.59 Å². The Morgan fingerprint density at radius 1 is 1.17 bits per heavy atom. The zero-order chi connectivity index (χ0) is 21.8. The van der Waals surface area contributed by atoms with Crippen molar-refractivity contribution < 1.29 is 27.3 Å². The summed E-state index contributed by atoms with van der Waals surface area (Å²) in [5.41, 5.74) is 1.77. The van der Waals surface area contributed by atoms with Gasteiger partial charge in [0, 0.05) is 5.69 Å². The lowest BCUT2D eigenvalue weighted by Gasteiger charge is -2.15. The van der Waals surface area contributed by atoms with E-state index in [1.54, 1.807) is 12.1 Å². The highest BCUT2D eigenvalue weighted by molar-refractivity contribution is 7.89.